The van der Waals surface area contributed by atoms with Gasteiger partial charge in [-0.2, -0.15) is 0 Å². The Morgan fingerprint density at radius 2 is 1.91 bits per heavy atom. The summed E-state index contributed by atoms with van der Waals surface area (Å²) in [5.41, 5.74) is 9.84. The van der Waals surface area contributed by atoms with Crippen LogP contribution >= 0.6 is 0 Å². The lowest BCUT2D eigenvalue weighted by molar-refractivity contribution is 1.41. The van der Waals surface area contributed by atoms with Gasteiger partial charge in [0.15, 0.2) is 0 Å². The Bertz CT molecular complexity index is 245. The van der Waals surface area contributed by atoms with Gasteiger partial charge in [0.25, 0.3) is 0 Å². The van der Waals surface area contributed by atoms with Crippen LogP contribution in [0.15, 0.2) is 18.2 Å². The molecule has 0 heterocycles. The molecule has 3 heteroatoms. The van der Waals surface area contributed by atoms with Crippen molar-refractivity contribution in [2.75, 3.05) is 24.7 Å². The highest BCUT2D eigenvalue weighted by atomic mass is 14.9. The van der Waals surface area contributed by atoms with Crippen molar-refractivity contribution >= 4 is 17.1 Å². The normalized spacial score (nSPS) is 9.27. The monoisotopic (exact) mass is 150 g/mol. The van der Waals surface area contributed by atoms with Crippen LogP contribution < -0.4 is 16.4 Å². The van der Waals surface area contributed by atoms with Gasteiger partial charge in [-0.05, 0) is 18.2 Å². The standard InChI is InChI=1S/C8H12N3/c1-10-6-3-4-7(9)8(5-6)11-2/h3-5,9-11H,1-2H3. The first-order chi connectivity index (χ1) is 5.27. The molecule has 0 fully saturated rings. The zero-order valence-electron chi connectivity index (χ0n) is 6.73. The van der Waals surface area contributed by atoms with Gasteiger partial charge in [-0.1, -0.05) is 0 Å². The van der Waals surface area contributed by atoms with E-state index in [9.17, 15) is 0 Å². The summed E-state index contributed by atoms with van der Waals surface area (Å²) in [4.78, 5) is 0. The van der Waals surface area contributed by atoms with Gasteiger partial charge in [-0.3, -0.25) is 5.73 Å². The molecule has 11 heavy (non-hydrogen) atoms. The summed E-state index contributed by atoms with van der Waals surface area (Å²) in [6.07, 6.45) is 0. The molecule has 0 saturated heterocycles. The minimum absolute atomic E-state index is 0.520. The molecular formula is C8H12N3. The number of rotatable bonds is 2. The molecule has 0 aliphatic carbocycles. The van der Waals surface area contributed by atoms with Crippen molar-refractivity contribution in [1.82, 2.24) is 5.73 Å². The van der Waals surface area contributed by atoms with E-state index in [4.69, 9.17) is 5.73 Å². The Balaban J connectivity index is 3.02. The SMILES string of the molecule is CNc1ccc([NH])c(NC)c1. The van der Waals surface area contributed by atoms with E-state index < -0.39 is 0 Å². The summed E-state index contributed by atoms with van der Waals surface area (Å²) in [6, 6.07) is 5.54. The number of anilines is 2. The van der Waals surface area contributed by atoms with Crippen molar-refractivity contribution in [3.05, 3.63) is 18.2 Å². The van der Waals surface area contributed by atoms with E-state index in [-0.39, 0.29) is 0 Å². The van der Waals surface area contributed by atoms with Gasteiger partial charge in [-0.15, -0.1) is 0 Å². The second-order valence-electron chi connectivity index (χ2n) is 2.26. The molecule has 59 valence electrons. The molecule has 0 saturated carbocycles. The maximum atomic E-state index is 7.45. The topological polar surface area (TPSA) is 47.9 Å². The highest BCUT2D eigenvalue weighted by molar-refractivity contribution is 5.69. The van der Waals surface area contributed by atoms with Gasteiger partial charge in [-0.25, -0.2) is 0 Å². The van der Waals surface area contributed by atoms with Gasteiger partial charge < -0.3 is 10.6 Å². The Morgan fingerprint density at radius 1 is 1.18 bits per heavy atom. The average Bonchev–Trinajstić information content (AvgIpc) is 2.05. The molecule has 0 unspecified atom stereocenters. The fourth-order valence-electron chi connectivity index (χ4n) is 0.907. The van der Waals surface area contributed by atoms with Gasteiger partial charge in [0.1, 0.15) is 0 Å². The summed E-state index contributed by atoms with van der Waals surface area (Å²) < 4.78 is 0. The Morgan fingerprint density at radius 3 is 2.45 bits per heavy atom. The fourth-order valence-corrected chi connectivity index (χ4v) is 0.907. The molecule has 0 bridgehead atoms. The molecule has 1 aromatic carbocycles. The first kappa shape index (κ1) is 7.72. The predicted octanol–water partition coefficient (Wildman–Crippen LogP) is 1.68. The van der Waals surface area contributed by atoms with Gasteiger partial charge in [0.05, 0.1) is 11.4 Å². The number of benzene rings is 1. The Hall–Kier alpha value is -1.38. The van der Waals surface area contributed by atoms with Gasteiger partial charge in [0, 0.05) is 19.8 Å². The molecule has 0 atom stereocenters. The van der Waals surface area contributed by atoms with Crippen LogP contribution in [0, 0.1) is 0 Å². The zero-order valence-corrected chi connectivity index (χ0v) is 6.73. The van der Waals surface area contributed by atoms with E-state index >= 15 is 0 Å². The quantitative estimate of drug-likeness (QED) is 0.673. The fraction of sp³-hybridized carbons (Fsp3) is 0.250. The van der Waals surface area contributed by atoms with E-state index in [1.165, 1.54) is 0 Å². The van der Waals surface area contributed by atoms with Crippen LogP contribution in [-0.4, -0.2) is 14.1 Å². The van der Waals surface area contributed by atoms with Crippen LogP contribution in [-0.2, 0) is 0 Å². The summed E-state index contributed by atoms with van der Waals surface area (Å²) in [5, 5.41) is 5.95. The molecule has 0 aromatic heterocycles. The van der Waals surface area contributed by atoms with E-state index in [1.54, 1.807) is 6.07 Å². The molecule has 3 nitrogen and oxygen atoms in total. The zero-order chi connectivity index (χ0) is 8.27. The van der Waals surface area contributed by atoms with Gasteiger partial charge >= 0.3 is 0 Å². The first-order valence-corrected chi connectivity index (χ1v) is 3.49. The van der Waals surface area contributed by atoms with Crippen LogP contribution in [0.3, 0.4) is 0 Å². The largest absolute Gasteiger partial charge is 0.388 e. The summed E-state index contributed by atoms with van der Waals surface area (Å²) >= 11 is 0. The van der Waals surface area contributed by atoms with Crippen LogP contribution in [0.5, 0.6) is 0 Å². The van der Waals surface area contributed by atoms with Crippen molar-refractivity contribution in [3.8, 4) is 0 Å². The highest BCUT2D eigenvalue weighted by Gasteiger charge is 1.96. The third-order valence-corrected chi connectivity index (χ3v) is 1.58. The number of hydrogen-bond acceptors (Lipinski definition) is 2. The lowest BCUT2D eigenvalue weighted by Gasteiger charge is -2.06. The molecule has 0 amide bonds. The van der Waals surface area contributed by atoms with Crippen LogP contribution in [0.4, 0.5) is 17.1 Å². The molecule has 0 aliphatic rings. The van der Waals surface area contributed by atoms with Crippen LogP contribution in [0.1, 0.15) is 0 Å². The Kier molecular flexibility index (Phi) is 2.21. The minimum Gasteiger partial charge on any atom is -0.388 e. The minimum atomic E-state index is 0.520. The number of nitrogens with one attached hydrogen (secondary N) is 3. The Labute approximate surface area is 66.6 Å². The first-order valence-electron chi connectivity index (χ1n) is 3.49. The number of hydrogen-bond donors (Lipinski definition) is 2. The third-order valence-electron chi connectivity index (χ3n) is 1.58. The molecule has 3 N–H and O–H groups in total. The molecule has 1 rings (SSSR count). The second kappa shape index (κ2) is 3.14. The van der Waals surface area contributed by atoms with Crippen molar-refractivity contribution < 1.29 is 0 Å². The van der Waals surface area contributed by atoms with Gasteiger partial charge in [0.2, 0.25) is 0 Å². The van der Waals surface area contributed by atoms with Crippen molar-refractivity contribution in [2.45, 2.75) is 0 Å². The van der Waals surface area contributed by atoms with Crippen molar-refractivity contribution in [1.29, 1.82) is 0 Å². The molecule has 0 spiro atoms. The van der Waals surface area contributed by atoms with Crippen molar-refractivity contribution in [3.63, 3.8) is 0 Å². The van der Waals surface area contributed by atoms with Crippen LogP contribution in [0.2, 0.25) is 0 Å². The third kappa shape index (κ3) is 1.55. The molecular weight excluding hydrogens is 138 g/mol. The maximum Gasteiger partial charge on any atom is 0.0772 e. The molecule has 1 radical (unpaired) electrons. The van der Waals surface area contributed by atoms with Crippen LogP contribution in [0.25, 0.3) is 0 Å². The summed E-state index contributed by atoms with van der Waals surface area (Å²) in [5.74, 6) is 0. The van der Waals surface area contributed by atoms with Crippen molar-refractivity contribution in [2.24, 2.45) is 0 Å². The highest BCUT2D eigenvalue weighted by Crippen LogP contribution is 2.22. The van der Waals surface area contributed by atoms with E-state index in [0.29, 0.717) is 5.69 Å². The summed E-state index contributed by atoms with van der Waals surface area (Å²) in [6.45, 7) is 0. The van der Waals surface area contributed by atoms with E-state index in [2.05, 4.69) is 10.6 Å². The maximum absolute atomic E-state index is 7.45. The second-order valence-corrected chi connectivity index (χ2v) is 2.26. The van der Waals surface area contributed by atoms with E-state index in [0.717, 1.165) is 11.4 Å². The molecule has 1 aromatic rings. The predicted molar refractivity (Wildman–Crippen MR) is 48.3 cm³/mol. The lowest BCUT2D eigenvalue weighted by atomic mass is 10.2. The van der Waals surface area contributed by atoms with E-state index in [1.807, 2.05) is 26.2 Å². The average molecular weight is 150 g/mol. The lowest BCUT2D eigenvalue weighted by Crippen LogP contribution is -1.93. The smallest absolute Gasteiger partial charge is 0.0772 e. The molecule has 0 aliphatic heterocycles. The summed E-state index contributed by atoms with van der Waals surface area (Å²) in [7, 11) is 3.67.